The predicted octanol–water partition coefficient (Wildman–Crippen LogP) is 3.56. The molecule has 0 saturated carbocycles. The summed E-state index contributed by atoms with van der Waals surface area (Å²) < 4.78 is 32.7. The SMILES string of the molecule is COc1ccccc1CCNc1nncc(Nc2c(F)cccc2F)n1. The molecule has 0 spiro atoms. The molecule has 0 aliphatic carbocycles. The molecule has 1 heterocycles. The van der Waals surface area contributed by atoms with E-state index in [4.69, 9.17) is 4.74 Å². The zero-order valence-electron chi connectivity index (χ0n) is 14.0. The number of anilines is 3. The van der Waals surface area contributed by atoms with E-state index in [1.165, 1.54) is 12.3 Å². The van der Waals surface area contributed by atoms with Gasteiger partial charge < -0.3 is 15.4 Å². The van der Waals surface area contributed by atoms with Crippen molar-refractivity contribution in [3.8, 4) is 5.75 Å². The topological polar surface area (TPSA) is 72.0 Å². The van der Waals surface area contributed by atoms with Crippen LogP contribution in [0.3, 0.4) is 0 Å². The molecule has 6 nitrogen and oxygen atoms in total. The number of benzene rings is 2. The summed E-state index contributed by atoms with van der Waals surface area (Å²) in [4.78, 5) is 4.16. The van der Waals surface area contributed by atoms with Gasteiger partial charge in [-0.1, -0.05) is 24.3 Å². The van der Waals surface area contributed by atoms with Crippen LogP contribution in [-0.2, 0) is 6.42 Å². The predicted molar refractivity (Wildman–Crippen MR) is 94.7 cm³/mol. The fourth-order valence-corrected chi connectivity index (χ4v) is 2.40. The maximum atomic E-state index is 13.7. The number of para-hydroxylation sites is 2. The van der Waals surface area contributed by atoms with E-state index in [1.807, 2.05) is 24.3 Å². The van der Waals surface area contributed by atoms with Crippen LogP contribution in [0.2, 0.25) is 0 Å². The molecule has 0 aliphatic rings. The highest BCUT2D eigenvalue weighted by Gasteiger charge is 2.10. The minimum absolute atomic E-state index is 0.184. The first-order valence-electron chi connectivity index (χ1n) is 7.94. The lowest BCUT2D eigenvalue weighted by molar-refractivity contribution is 0.410. The Morgan fingerprint density at radius 2 is 1.81 bits per heavy atom. The van der Waals surface area contributed by atoms with E-state index in [9.17, 15) is 8.78 Å². The van der Waals surface area contributed by atoms with Crippen LogP contribution in [0, 0.1) is 11.6 Å². The fourth-order valence-electron chi connectivity index (χ4n) is 2.40. The number of hydrogen-bond donors (Lipinski definition) is 2. The molecule has 2 aromatic carbocycles. The quantitative estimate of drug-likeness (QED) is 0.674. The van der Waals surface area contributed by atoms with E-state index < -0.39 is 11.6 Å². The Kier molecular flexibility index (Phi) is 5.52. The molecule has 0 unspecified atom stereocenters. The fraction of sp³-hybridized carbons (Fsp3) is 0.167. The number of aromatic nitrogens is 3. The van der Waals surface area contributed by atoms with E-state index in [1.54, 1.807) is 7.11 Å². The van der Waals surface area contributed by atoms with Crippen molar-refractivity contribution < 1.29 is 13.5 Å². The number of methoxy groups -OCH3 is 1. The standard InChI is InChI=1S/C18H17F2N5O/c1-26-15-8-3-2-5-12(15)9-10-21-18-24-16(11-22-25-18)23-17-13(19)6-4-7-14(17)20/h2-8,11H,9-10H2,1H3,(H2,21,23,24,25). The number of halogens is 2. The van der Waals surface area contributed by atoms with Gasteiger partial charge in [0.25, 0.3) is 0 Å². The van der Waals surface area contributed by atoms with Crippen LogP contribution in [0.5, 0.6) is 5.75 Å². The lowest BCUT2D eigenvalue weighted by Gasteiger charge is -2.10. The Hall–Kier alpha value is -3.29. The molecule has 3 aromatic rings. The molecule has 0 atom stereocenters. The maximum absolute atomic E-state index is 13.7. The minimum atomic E-state index is -0.714. The lowest BCUT2D eigenvalue weighted by Crippen LogP contribution is -2.10. The van der Waals surface area contributed by atoms with Gasteiger partial charge >= 0.3 is 0 Å². The second-order valence-corrected chi connectivity index (χ2v) is 5.38. The van der Waals surface area contributed by atoms with Crippen molar-refractivity contribution in [3.05, 3.63) is 65.9 Å². The monoisotopic (exact) mass is 357 g/mol. The molecular weight excluding hydrogens is 340 g/mol. The van der Waals surface area contributed by atoms with Gasteiger partial charge in [0, 0.05) is 6.54 Å². The summed E-state index contributed by atoms with van der Waals surface area (Å²) in [5.41, 5.74) is 0.756. The number of nitrogens with one attached hydrogen (secondary N) is 2. The summed E-state index contributed by atoms with van der Waals surface area (Å²) in [6, 6.07) is 11.3. The van der Waals surface area contributed by atoms with Crippen LogP contribution in [-0.4, -0.2) is 28.8 Å². The summed E-state index contributed by atoms with van der Waals surface area (Å²) in [5, 5.41) is 13.3. The molecule has 26 heavy (non-hydrogen) atoms. The third-order valence-electron chi connectivity index (χ3n) is 3.64. The lowest BCUT2D eigenvalue weighted by atomic mass is 10.1. The second kappa shape index (κ2) is 8.19. The van der Waals surface area contributed by atoms with Gasteiger partial charge in [-0.2, -0.15) is 10.1 Å². The molecule has 2 N–H and O–H groups in total. The molecule has 1 aromatic heterocycles. The van der Waals surface area contributed by atoms with E-state index in [0.29, 0.717) is 13.0 Å². The Labute approximate surface area is 149 Å². The zero-order chi connectivity index (χ0) is 18.4. The van der Waals surface area contributed by atoms with Gasteiger partial charge in [-0.3, -0.25) is 0 Å². The van der Waals surface area contributed by atoms with E-state index in [2.05, 4.69) is 25.8 Å². The van der Waals surface area contributed by atoms with Crippen molar-refractivity contribution in [1.82, 2.24) is 15.2 Å². The summed E-state index contributed by atoms with van der Waals surface area (Å²) in [6.45, 7) is 0.541. The third kappa shape index (κ3) is 4.21. The van der Waals surface area contributed by atoms with Gasteiger partial charge in [-0.05, 0) is 30.2 Å². The smallest absolute Gasteiger partial charge is 0.244 e. The molecule has 8 heteroatoms. The van der Waals surface area contributed by atoms with Gasteiger partial charge in [0.15, 0.2) is 5.82 Å². The molecular formula is C18H17F2N5O. The second-order valence-electron chi connectivity index (χ2n) is 5.38. The van der Waals surface area contributed by atoms with E-state index in [-0.39, 0.29) is 17.5 Å². The average molecular weight is 357 g/mol. The van der Waals surface area contributed by atoms with Gasteiger partial charge in [-0.25, -0.2) is 8.78 Å². The summed E-state index contributed by atoms with van der Waals surface area (Å²) >= 11 is 0. The van der Waals surface area contributed by atoms with Crippen molar-refractivity contribution in [1.29, 1.82) is 0 Å². The average Bonchev–Trinajstić information content (AvgIpc) is 2.66. The molecule has 134 valence electrons. The Bertz CT molecular complexity index is 871. The van der Waals surface area contributed by atoms with Crippen molar-refractivity contribution >= 4 is 17.5 Å². The molecule has 0 bridgehead atoms. The first-order chi connectivity index (χ1) is 12.7. The number of hydrogen-bond acceptors (Lipinski definition) is 6. The highest BCUT2D eigenvalue weighted by Crippen LogP contribution is 2.22. The molecule has 0 aliphatic heterocycles. The Balaban J connectivity index is 1.64. The van der Waals surface area contributed by atoms with E-state index in [0.717, 1.165) is 23.4 Å². The first-order valence-corrected chi connectivity index (χ1v) is 7.94. The normalized spacial score (nSPS) is 10.4. The van der Waals surface area contributed by atoms with Gasteiger partial charge in [0.1, 0.15) is 23.1 Å². The summed E-state index contributed by atoms with van der Waals surface area (Å²) in [5.74, 6) is -0.187. The van der Waals surface area contributed by atoms with Crippen molar-refractivity contribution in [3.63, 3.8) is 0 Å². The molecule has 0 amide bonds. The van der Waals surface area contributed by atoms with E-state index >= 15 is 0 Å². The van der Waals surface area contributed by atoms with Gasteiger partial charge in [-0.15, -0.1) is 5.10 Å². The van der Waals surface area contributed by atoms with Gasteiger partial charge in [0.05, 0.1) is 13.3 Å². The summed E-state index contributed by atoms with van der Waals surface area (Å²) in [6.07, 6.45) is 1.98. The van der Waals surface area contributed by atoms with Crippen molar-refractivity contribution in [2.45, 2.75) is 6.42 Å². The highest BCUT2D eigenvalue weighted by atomic mass is 19.1. The first kappa shape index (κ1) is 17.5. The van der Waals surface area contributed by atoms with Gasteiger partial charge in [0.2, 0.25) is 5.95 Å². The Morgan fingerprint density at radius 1 is 1.04 bits per heavy atom. The molecule has 3 rings (SSSR count). The molecule has 0 radical (unpaired) electrons. The summed E-state index contributed by atoms with van der Waals surface area (Å²) in [7, 11) is 1.62. The van der Waals surface area contributed by atoms with Crippen LogP contribution < -0.4 is 15.4 Å². The zero-order valence-corrected chi connectivity index (χ0v) is 14.0. The largest absolute Gasteiger partial charge is 0.496 e. The number of nitrogens with zero attached hydrogens (tertiary/aromatic N) is 3. The van der Waals surface area contributed by atoms with Crippen molar-refractivity contribution in [2.75, 3.05) is 24.3 Å². The minimum Gasteiger partial charge on any atom is -0.496 e. The third-order valence-corrected chi connectivity index (χ3v) is 3.64. The number of rotatable bonds is 7. The maximum Gasteiger partial charge on any atom is 0.244 e. The van der Waals surface area contributed by atoms with Crippen LogP contribution in [0.25, 0.3) is 0 Å². The molecule has 0 saturated heterocycles. The number of ether oxygens (including phenoxy) is 1. The van der Waals surface area contributed by atoms with Crippen LogP contribution >= 0.6 is 0 Å². The van der Waals surface area contributed by atoms with Crippen LogP contribution in [0.1, 0.15) is 5.56 Å². The highest BCUT2D eigenvalue weighted by molar-refractivity contribution is 5.57. The van der Waals surface area contributed by atoms with Crippen LogP contribution in [0.15, 0.2) is 48.7 Å². The molecule has 0 fully saturated rings. The Morgan fingerprint density at radius 3 is 2.58 bits per heavy atom. The van der Waals surface area contributed by atoms with Crippen molar-refractivity contribution in [2.24, 2.45) is 0 Å². The van der Waals surface area contributed by atoms with Crippen LogP contribution in [0.4, 0.5) is 26.2 Å².